The predicted octanol–water partition coefficient (Wildman–Crippen LogP) is 1.55. The normalized spacial score (nSPS) is 10.5. The average Bonchev–Trinajstić information content (AvgIpc) is 2.66. The second kappa shape index (κ2) is 10.6. The molecule has 1 amide bonds. The Balaban J connectivity index is 1.72. The number of carbonyl (C=O) groups excluding carboxylic acids is 3. The molecule has 1 N–H and O–H groups in total. The number of alkyl carbamates (subject to hydrolysis) is 1. The van der Waals surface area contributed by atoms with Crippen LogP contribution in [-0.2, 0) is 20.9 Å². The monoisotopic (exact) mass is 437 g/mol. The first-order valence-electron chi connectivity index (χ1n) is 7.66. The Hall–Kier alpha value is -2.30. The zero-order valence-corrected chi connectivity index (χ0v) is 16.6. The van der Waals surface area contributed by atoms with Crippen LogP contribution in [-0.4, -0.2) is 45.0 Å². The molecule has 1 atom stereocenters. The van der Waals surface area contributed by atoms with Crippen molar-refractivity contribution in [3.8, 4) is 0 Å². The number of rotatable bonds is 8. The van der Waals surface area contributed by atoms with Gasteiger partial charge in [0.1, 0.15) is 0 Å². The van der Waals surface area contributed by atoms with E-state index in [1.165, 1.54) is 0 Å². The van der Waals surface area contributed by atoms with Crippen molar-refractivity contribution in [3.05, 3.63) is 65.7 Å². The Morgan fingerprint density at radius 2 is 1.65 bits per heavy atom. The summed E-state index contributed by atoms with van der Waals surface area (Å²) >= 11 is 4.24. The van der Waals surface area contributed by atoms with Gasteiger partial charge in [-0.2, -0.15) is 0 Å². The molecule has 0 fully saturated rings. The average molecular weight is 438 g/mol. The van der Waals surface area contributed by atoms with Crippen molar-refractivity contribution < 1.29 is 23.9 Å². The van der Waals surface area contributed by atoms with Crippen molar-refractivity contribution in [3.63, 3.8) is 0 Å². The molecule has 0 aliphatic carbocycles. The second-order valence-electron chi connectivity index (χ2n) is 5.08. The maximum atomic E-state index is 12.0. The number of esters is 1. The van der Waals surface area contributed by atoms with Crippen LogP contribution in [0.4, 0.5) is 4.79 Å². The molecule has 26 heavy (non-hydrogen) atoms. The van der Waals surface area contributed by atoms with Gasteiger partial charge in [0.2, 0.25) is 0 Å². The topological polar surface area (TPSA) is 81.7 Å². The molecule has 2 rings (SSSR count). The molecular formula is C18H17AsClNO5. The summed E-state index contributed by atoms with van der Waals surface area (Å²) in [5, 5.41) is 2.45. The fourth-order valence-electron chi connectivity index (χ4n) is 1.95. The van der Waals surface area contributed by atoms with Crippen molar-refractivity contribution in [2.45, 2.75) is 6.61 Å². The first kappa shape index (κ1) is 20.0. The molecule has 0 aliphatic rings. The van der Waals surface area contributed by atoms with Crippen LogP contribution in [0.5, 0.6) is 0 Å². The van der Waals surface area contributed by atoms with Crippen LogP contribution in [0.2, 0.25) is 0 Å². The third kappa shape index (κ3) is 6.90. The van der Waals surface area contributed by atoms with E-state index >= 15 is 0 Å². The Kier molecular flexibility index (Phi) is 8.19. The zero-order valence-electron chi connectivity index (χ0n) is 13.7. The summed E-state index contributed by atoms with van der Waals surface area (Å²) in [4.78, 5) is 35.1. The Morgan fingerprint density at radius 1 is 0.962 bits per heavy atom. The first-order valence-corrected chi connectivity index (χ1v) is 10.3. The minimum atomic E-state index is -1.10. The molecule has 0 radical (unpaired) electrons. The van der Waals surface area contributed by atoms with Crippen LogP contribution in [0.1, 0.15) is 15.9 Å². The van der Waals surface area contributed by atoms with Crippen LogP contribution in [0, 0.1) is 0 Å². The number of amides is 1. The van der Waals surface area contributed by atoms with Gasteiger partial charge in [0, 0.05) is 0 Å². The van der Waals surface area contributed by atoms with Crippen LogP contribution in [0.25, 0.3) is 0 Å². The molecule has 0 bridgehead atoms. The number of hydrogen-bond acceptors (Lipinski definition) is 5. The fraction of sp³-hybridized carbons (Fsp3) is 0.167. The van der Waals surface area contributed by atoms with Gasteiger partial charge in [0.25, 0.3) is 0 Å². The summed E-state index contributed by atoms with van der Waals surface area (Å²) in [5.74, 6) is -0.513. The maximum absolute atomic E-state index is 12.0. The number of ether oxygens (including phenoxy) is 2. The molecule has 6 nitrogen and oxygen atoms in total. The molecule has 2 aromatic rings. The summed E-state index contributed by atoms with van der Waals surface area (Å²) < 4.78 is 10.5. The quantitative estimate of drug-likeness (QED) is 0.385. The van der Waals surface area contributed by atoms with Crippen LogP contribution >= 0.6 is 11.6 Å². The first-order chi connectivity index (χ1) is 12.6. The van der Waals surface area contributed by atoms with Crippen molar-refractivity contribution in [2.75, 3.05) is 12.6 Å². The van der Waals surface area contributed by atoms with E-state index in [-0.39, 0.29) is 23.8 Å². The van der Waals surface area contributed by atoms with Crippen LogP contribution in [0.3, 0.4) is 0 Å². The SMILES string of the molecule is O=C(NCC(=O)[AsH]c1ccc(C(=O)OCCl)cc1)OCc1ccccc1. The van der Waals surface area contributed by atoms with Crippen LogP contribution in [0.15, 0.2) is 54.6 Å². The minimum absolute atomic E-state index is 0.0576. The van der Waals surface area contributed by atoms with Gasteiger partial charge in [-0.15, -0.1) is 0 Å². The van der Waals surface area contributed by atoms with Crippen molar-refractivity contribution in [2.24, 2.45) is 0 Å². The van der Waals surface area contributed by atoms with Gasteiger partial charge >= 0.3 is 162 Å². The van der Waals surface area contributed by atoms with Gasteiger partial charge in [-0.1, -0.05) is 0 Å². The second-order valence-corrected chi connectivity index (χ2v) is 8.21. The van der Waals surface area contributed by atoms with Crippen molar-refractivity contribution in [1.82, 2.24) is 5.32 Å². The van der Waals surface area contributed by atoms with E-state index in [1.54, 1.807) is 24.3 Å². The van der Waals surface area contributed by atoms with E-state index in [9.17, 15) is 14.4 Å². The molecule has 1 unspecified atom stereocenters. The van der Waals surface area contributed by atoms with E-state index in [0.717, 1.165) is 9.91 Å². The Bertz CT molecular complexity index is 752. The molecule has 0 saturated heterocycles. The van der Waals surface area contributed by atoms with Crippen molar-refractivity contribution in [1.29, 1.82) is 0 Å². The summed E-state index contributed by atoms with van der Waals surface area (Å²) in [6.45, 7) is 0.0701. The number of halogens is 1. The molecule has 2 aromatic carbocycles. The van der Waals surface area contributed by atoms with E-state index in [2.05, 4.69) is 10.1 Å². The molecular weight excluding hydrogens is 421 g/mol. The predicted molar refractivity (Wildman–Crippen MR) is 99.0 cm³/mol. The number of carbonyl (C=O) groups is 3. The number of hydrogen-bond donors (Lipinski definition) is 1. The Labute approximate surface area is 162 Å². The van der Waals surface area contributed by atoms with E-state index in [0.29, 0.717) is 5.56 Å². The van der Waals surface area contributed by atoms with E-state index in [4.69, 9.17) is 16.3 Å². The molecule has 0 heterocycles. The van der Waals surface area contributed by atoms with Crippen molar-refractivity contribution >= 4 is 48.3 Å². The van der Waals surface area contributed by atoms with Gasteiger partial charge in [-0.05, 0) is 0 Å². The van der Waals surface area contributed by atoms with E-state index in [1.807, 2.05) is 30.3 Å². The molecule has 0 saturated carbocycles. The number of nitrogens with one attached hydrogen (secondary N) is 1. The number of alkyl halides is 1. The van der Waals surface area contributed by atoms with E-state index < -0.39 is 27.8 Å². The summed E-state index contributed by atoms with van der Waals surface area (Å²) in [6.07, 6.45) is -0.632. The standard InChI is InChI=1S/C18H17AsClNO5/c20-12-26-17(23)14-6-8-15(9-7-14)19-16(22)10-21-18(24)25-11-13-4-2-1-3-5-13/h1-9,19H,10-12H2,(H,21,24). The zero-order chi connectivity index (χ0) is 18.8. The van der Waals surface area contributed by atoms with Gasteiger partial charge in [-0.25, -0.2) is 0 Å². The molecule has 136 valence electrons. The molecule has 8 heteroatoms. The summed E-state index contributed by atoms with van der Waals surface area (Å²) in [5.41, 5.74) is 1.24. The van der Waals surface area contributed by atoms with Gasteiger partial charge in [-0.3, -0.25) is 0 Å². The van der Waals surface area contributed by atoms with Gasteiger partial charge < -0.3 is 0 Å². The molecule has 0 aliphatic heterocycles. The molecule has 0 aromatic heterocycles. The van der Waals surface area contributed by atoms with Crippen LogP contribution < -0.4 is 9.67 Å². The number of benzene rings is 2. The van der Waals surface area contributed by atoms with Gasteiger partial charge in [0.15, 0.2) is 0 Å². The summed E-state index contributed by atoms with van der Waals surface area (Å²) in [7, 11) is 0. The van der Waals surface area contributed by atoms with Gasteiger partial charge in [0.05, 0.1) is 0 Å². The third-order valence-corrected chi connectivity index (χ3v) is 5.57. The summed E-state index contributed by atoms with van der Waals surface area (Å²) in [6, 6.07) is 15.6. The Morgan fingerprint density at radius 3 is 2.31 bits per heavy atom. The molecule has 0 spiro atoms. The third-order valence-electron chi connectivity index (χ3n) is 3.20. The fourth-order valence-corrected chi connectivity index (χ4v) is 3.80.